The largest absolute Gasteiger partial charge is 0.390 e. The number of ether oxygens (including phenoxy) is 1. The van der Waals surface area contributed by atoms with E-state index in [2.05, 4.69) is 43.7 Å². The van der Waals surface area contributed by atoms with Gasteiger partial charge in [-0.3, -0.25) is 14.5 Å². The van der Waals surface area contributed by atoms with Crippen molar-refractivity contribution in [2.24, 2.45) is 0 Å². The minimum atomic E-state index is -0.695. The van der Waals surface area contributed by atoms with E-state index in [9.17, 15) is 14.7 Å². The van der Waals surface area contributed by atoms with Crippen molar-refractivity contribution >= 4 is 23.6 Å². The van der Waals surface area contributed by atoms with Crippen LogP contribution >= 0.6 is 0 Å². The molecule has 2 amide bonds. The highest BCUT2D eigenvalue weighted by Crippen LogP contribution is 2.20. The number of hydrogen-bond donors (Lipinski definition) is 3. The molecular formula is C26H35N7O4. The SMILES string of the molecule is CC(=O)N1CC(Nc2cc(C(=O)NCC(O)CN3CCc4ccccc4C3)nc(N3CCOCC3)n2)C1. The molecule has 11 nitrogen and oxygen atoms in total. The Bertz CT molecular complexity index is 1120. The summed E-state index contributed by atoms with van der Waals surface area (Å²) in [6.07, 6.45) is 0.265. The first-order chi connectivity index (χ1) is 17.9. The number of fused-ring (bicyclic) bond motifs is 1. The van der Waals surface area contributed by atoms with Gasteiger partial charge >= 0.3 is 0 Å². The number of morpholine rings is 1. The summed E-state index contributed by atoms with van der Waals surface area (Å²) in [6.45, 7) is 7.48. The van der Waals surface area contributed by atoms with Crippen LogP contribution in [0.5, 0.6) is 0 Å². The summed E-state index contributed by atoms with van der Waals surface area (Å²) in [4.78, 5) is 39.7. The first-order valence-corrected chi connectivity index (χ1v) is 12.9. The van der Waals surface area contributed by atoms with Crippen LogP contribution in [0.3, 0.4) is 0 Å². The molecule has 37 heavy (non-hydrogen) atoms. The number of rotatable bonds is 8. The van der Waals surface area contributed by atoms with Crippen LogP contribution in [-0.4, -0.2) is 108 Å². The first kappa shape index (κ1) is 25.4. The topological polar surface area (TPSA) is 123 Å². The molecule has 1 aromatic heterocycles. The van der Waals surface area contributed by atoms with Crippen molar-refractivity contribution in [3.05, 3.63) is 47.2 Å². The Morgan fingerprint density at radius 2 is 1.89 bits per heavy atom. The molecule has 5 rings (SSSR count). The van der Waals surface area contributed by atoms with E-state index in [1.54, 1.807) is 17.9 Å². The van der Waals surface area contributed by atoms with Crippen LogP contribution in [0.15, 0.2) is 30.3 Å². The molecule has 2 saturated heterocycles. The van der Waals surface area contributed by atoms with Gasteiger partial charge in [0.2, 0.25) is 11.9 Å². The number of nitrogens with zero attached hydrogens (tertiary/aromatic N) is 5. The summed E-state index contributed by atoms with van der Waals surface area (Å²) >= 11 is 0. The highest BCUT2D eigenvalue weighted by molar-refractivity contribution is 5.93. The second-order valence-corrected chi connectivity index (χ2v) is 9.92. The van der Waals surface area contributed by atoms with E-state index in [1.165, 1.54) is 11.1 Å². The lowest BCUT2D eigenvalue weighted by Gasteiger charge is -2.39. The van der Waals surface area contributed by atoms with Crippen LogP contribution in [0.4, 0.5) is 11.8 Å². The van der Waals surface area contributed by atoms with Gasteiger partial charge in [0.15, 0.2) is 0 Å². The van der Waals surface area contributed by atoms with E-state index in [0.717, 1.165) is 19.5 Å². The molecule has 3 aliphatic heterocycles. The molecule has 2 aromatic rings. The van der Waals surface area contributed by atoms with Crippen molar-refractivity contribution in [3.8, 4) is 0 Å². The lowest BCUT2D eigenvalue weighted by molar-refractivity contribution is -0.132. The van der Waals surface area contributed by atoms with Crippen LogP contribution < -0.4 is 15.5 Å². The number of β-amino-alcohol motifs (C(OH)–C–C–N with tert-alkyl or cyclic N) is 1. The molecule has 3 N–H and O–H groups in total. The molecule has 0 radical (unpaired) electrons. The molecule has 2 fully saturated rings. The monoisotopic (exact) mass is 509 g/mol. The van der Waals surface area contributed by atoms with E-state index in [-0.39, 0.29) is 30.1 Å². The highest BCUT2D eigenvalue weighted by atomic mass is 16.5. The molecule has 0 aliphatic carbocycles. The Labute approximate surface area is 216 Å². The molecule has 1 atom stereocenters. The number of anilines is 2. The number of benzene rings is 1. The minimum absolute atomic E-state index is 0.0436. The predicted octanol–water partition coefficient (Wildman–Crippen LogP) is 0.105. The fraction of sp³-hybridized carbons (Fsp3) is 0.538. The lowest BCUT2D eigenvalue weighted by atomic mass is 10.00. The van der Waals surface area contributed by atoms with E-state index >= 15 is 0 Å². The lowest BCUT2D eigenvalue weighted by Crippen LogP contribution is -2.56. The quantitative estimate of drug-likeness (QED) is 0.455. The maximum Gasteiger partial charge on any atom is 0.270 e. The third-order valence-electron chi connectivity index (χ3n) is 7.10. The first-order valence-electron chi connectivity index (χ1n) is 12.9. The maximum absolute atomic E-state index is 13.1. The zero-order valence-electron chi connectivity index (χ0n) is 21.2. The van der Waals surface area contributed by atoms with Gasteiger partial charge in [-0.15, -0.1) is 0 Å². The summed E-state index contributed by atoms with van der Waals surface area (Å²) in [5, 5.41) is 16.8. The van der Waals surface area contributed by atoms with Crippen molar-refractivity contribution in [1.29, 1.82) is 0 Å². The maximum atomic E-state index is 13.1. The normalized spacial score (nSPS) is 19.1. The second-order valence-electron chi connectivity index (χ2n) is 9.92. The number of amides is 2. The van der Waals surface area contributed by atoms with Gasteiger partial charge in [0.05, 0.1) is 25.4 Å². The Kier molecular flexibility index (Phi) is 7.82. The molecule has 0 bridgehead atoms. The Hall–Kier alpha value is -3.28. The minimum Gasteiger partial charge on any atom is -0.390 e. The fourth-order valence-corrected chi connectivity index (χ4v) is 4.94. The summed E-state index contributed by atoms with van der Waals surface area (Å²) < 4.78 is 5.44. The van der Waals surface area contributed by atoms with E-state index in [0.29, 0.717) is 57.7 Å². The molecule has 198 valence electrons. The van der Waals surface area contributed by atoms with Gasteiger partial charge in [-0.05, 0) is 17.5 Å². The number of nitrogens with one attached hydrogen (secondary N) is 2. The van der Waals surface area contributed by atoms with E-state index in [1.807, 2.05) is 11.0 Å². The van der Waals surface area contributed by atoms with Gasteiger partial charge in [0.1, 0.15) is 11.5 Å². The average molecular weight is 510 g/mol. The van der Waals surface area contributed by atoms with Gasteiger partial charge in [-0.25, -0.2) is 4.98 Å². The van der Waals surface area contributed by atoms with Gasteiger partial charge in [-0.2, -0.15) is 4.98 Å². The second kappa shape index (κ2) is 11.4. The van der Waals surface area contributed by atoms with Gasteiger partial charge in [-0.1, -0.05) is 24.3 Å². The molecule has 1 aromatic carbocycles. The summed E-state index contributed by atoms with van der Waals surface area (Å²) in [6, 6.07) is 10.1. The summed E-state index contributed by atoms with van der Waals surface area (Å²) in [5.41, 5.74) is 2.89. The van der Waals surface area contributed by atoms with Gasteiger partial charge < -0.3 is 30.3 Å². The number of aliphatic hydroxyl groups excluding tert-OH is 1. The number of likely N-dealkylation sites (tertiary alicyclic amines) is 1. The summed E-state index contributed by atoms with van der Waals surface area (Å²) in [7, 11) is 0. The Morgan fingerprint density at radius 3 is 2.65 bits per heavy atom. The Morgan fingerprint density at radius 1 is 1.14 bits per heavy atom. The van der Waals surface area contributed by atoms with Crippen molar-refractivity contribution in [3.63, 3.8) is 0 Å². The zero-order chi connectivity index (χ0) is 25.8. The van der Waals surface area contributed by atoms with Gasteiger partial charge in [0.25, 0.3) is 5.91 Å². The number of carbonyl (C=O) groups excluding carboxylic acids is 2. The van der Waals surface area contributed by atoms with Crippen LogP contribution in [0.2, 0.25) is 0 Å². The molecule has 0 spiro atoms. The van der Waals surface area contributed by atoms with Crippen LogP contribution in [-0.2, 0) is 22.5 Å². The van der Waals surface area contributed by atoms with Crippen molar-refractivity contribution in [2.75, 3.05) is 69.2 Å². The van der Waals surface area contributed by atoms with Crippen molar-refractivity contribution < 1.29 is 19.4 Å². The molecule has 0 saturated carbocycles. The van der Waals surface area contributed by atoms with Crippen molar-refractivity contribution in [2.45, 2.75) is 32.0 Å². The number of aliphatic hydroxyl groups is 1. The molecule has 3 aliphatic rings. The smallest absolute Gasteiger partial charge is 0.270 e. The van der Waals surface area contributed by atoms with Gasteiger partial charge in [0, 0.05) is 65.3 Å². The fourth-order valence-electron chi connectivity index (χ4n) is 4.94. The number of carbonyl (C=O) groups is 2. The zero-order valence-corrected chi connectivity index (χ0v) is 21.2. The van der Waals surface area contributed by atoms with E-state index < -0.39 is 6.10 Å². The van der Waals surface area contributed by atoms with Crippen LogP contribution in [0.25, 0.3) is 0 Å². The average Bonchev–Trinajstić information content (AvgIpc) is 2.89. The summed E-state index contributed by atoms with van der Waals surface area (Å²) in [5.74, 6) is 0.695. The van der Waals surface area contributed by atoms with Crippen LogP contribution in [0, 0.1) is 0 Å². The van der Waals surface area contributed by atoms with Crippen molar-refractivity contribution in [1.82, 2.24) is 25.1 Å². The molecule has 4 heterocycles. The predicted molar refractivity (Wildman–Crippen MR) is 138 cm³/mol. The third-order valence-corrected chi connectivity index (χ3v) is 7.10. The third kappa shape index (κ3) is 6.35. The number of aromatic nitrogens is 2. The standard InChI is InChI=1S/C26H35N7O4/c1-18(34)33-15-21(16-33)28-24-12-23(29-26(30-24)32-8-10-37-11-9-32)25(36)27-13-22(35)17-31-7-6-19-4-2-3-5-20(19)14-31/h2-5,12,21-22,35H,6-11,13-17H2,1H3,(H,27,36)(H,28,29,30). The highest BCUT2D eigenvalue weighted by Gasteiger charge is 2.29. The molecular weight excluding hydrogens is 474 g/mol. The van der Waals surface area contributed by atoms with E-state index in [4.69, 9.17) is 4.74 Å². The Balaban J connectivity index is 1.20. The molecule has 1 unspecified atom stereocenters. The number of hydrogen-bond acceptors (Lipinski definition) is 9. The molecule has 11 heteroatoms. The van der Waals surface area contributed by atoms with Crippen LogP contribution in [0.1, 0.15) is 28.5 Å².